The third-order valence-corrected chi connectivity index (χ3v) is 7.43. The Morgan fingerprint density at radius 1 is 1.08 bits per heavy atom. The number of hydrogen-bond acceptors (Lipinski definition) is 11. The van der Waals surface area contributed by atoms with Gasteiger partial charge in [-0.15, -0.1) is 11.8 Å². The summed E-state index contributed by atoms with van der Waals surface area (Å²) in [5.74, 6) is -0.446. The molecule has 0 fully saturated rings. The number of benzene rings is 2. The van der Waals surface area contributed by atoms with Crippen LogP contribution in [0.1, 0.15) is 17.8 Å². The van der Waals surface area contributed by atoms with E-state index in [0.29, 0.717) is 0 Å². The quantitative estimate of drug-likeness (QED) is 0.0871. The topological polar surface area (TPSA) is 223 Å². The average molecular weight is 558 g/mol. The average Bonchev–Trinajstić information content (AvgIpc) is 2.76. The highest BCUT2D eigenvalue weighted by molar-refractivity contribution is 7.99. The van der Waals surface area contributed by atoms with Crippen LogP contribution in [0.25, 0.3) is 0 Å². The third kappa shape index (κ3) is 7.82. The number of nitrogens with one attached hydrogen (secondary N) is 2. The van der Waals surface area contributed by atoms with Crippen LogP contribution in [0.2, 0.25) is 0 Å². The number of aromatic nitrogens is 3. The van der Waals surface area contributed by atoms with Crippen LogP contribution in [0, 0.1) is 10.1 Å². The minimum absolute atomic E-state index is 0.0223. The molecule has 0 atom stereocenters. The Bertz CT molecular complexity index is 1560. The van der Waals surface area contributed by atoms with Crippen molar-refractivity contribution < 1.29 is 30.9 Å². The molecule has 0 spiro atoms. The lowest BCUT2D eigenvalue weighted by atomic mass is 10.1. The molecule has 0 radical (unpaired) electrons. The van der Waals surface area contributed by atoms with Crippen molar-refractivity contribution >= 4 is 49.3 Å². The molecule has 1 aromatic heterocycles. The van der Waals surface area contributed by atoms with Gasteiger partial charge in [-0.2, -0.15) is 26.8 Å². The molecule has 0 aliphatic carbocycles. The normalized spacial score (nSPS) is 11.8. The number of H-pyrrole nitrogens is 1. The van der Waals surface area contributed by atoms with Gasteiger partial charge in [0.15, 0.2) is 0 Å². The summed E-state index contributed by atoms with van der Waals surface area (Å²) in [5.41, 5.74) is -0.749. The Hall–Kier alpha value is -3.38. The van der Waals surface area contributed by atoms with Crippen LogP contribution in [0.5, 0.6) is 0 Å². The van der Waals surface area contributed by atoms with Crippen molar-refractivity contribution in [2.75, 3.05) is 16.8 Å². The molecule has 0 saturated carbocycles. The first-order chi connectivity index (χ1) is 16.8. The van der Waals surface area contributed by atoms with Crippen LogP contribution < -0.4 is 11.0 Å². The summed E-state index contributed by atoms with van der Waals surface area (Å²) in [7, 11) is -8.64. The molecule has 0 amide bonds. The van der Waals surface area contributed by atoms with E-state index >= 15 is 0 Å². The van der Waals surface area contributed by atoms with Gasteiger partial charge in [0, 0.05) is 18.2 Å². The number of aromatic amines is 1. The van der Waals surface area contributed by atoms with E-state index in [1.165, 1.54) is 36.4 Å². The third-order valence-electron chi connectivity index (χ3n) is 4.52. The lowest BCUT2D eigenvalue weighted by Gasteiger charge is -2.09. The molecule has 4 N–H and O–H groups in total. The maximum absolute atomic E-state index is 12.0. The van der Waals surface area contributed by atoms with E-state index in [-0.39, 0.29) is 57.1 Å². The van der Waals surface area contributed by atoms with Gasteiger partial charge in [-0.25, -0.2) is 4.79 Å². The zero-order valence-electron chi connectivity index (χ0n) is 18.2. The van der Waals surface area contributed by atoms with E-state index in [1.54, 1.807) is 6.07 Å². The van der Waals surface area contributed by atoms with Crippen molar-refractivity contribution in [2.24, 2.45) is 0 Å². The van der Waals surface area contributed by atoms with Crippen LogP contribution in [0.4, 0.5) is 17.3 Å². The van der Waals surface area contributed by atoms with Crippen molar-refractivity contribution in [1.82, 2.24) is 15.0 Å². The Morgan fingerprint density at radius 3 is 2.47 bits per heavy atom. The monoisotopic (exact) mass is 557 g/mol. The molecular formula is C19H19N5O9S3. The molecule has 0 aliphatic heterocycles. The second-order valence-corrected chi connectivity index (χ2v) is 11.3. The van der Waals surface area contributed by atoms with Crippen molar-refractivity contribution in [3.8, 4) is 0 Å². The summed E-state index contributed by atoms with van der Waals surface area (Å²) in [4.78, 5) is 33.0. The maximum atomic E-state index is 12.0. The fourth-order valence-electron chi connectivity index (χ4n) is 3.06. The molecule has 14 nitrogen and oxygen atoms in total. The Labute approximate surface area is 208 Å². The maximum Gasteiger partial charge on any atom is 0.349 e. The molecular weight excluding hydrogens is 538 g/mol. The van der Waals surface area contributed by atoms with Crippen LogP contribution in [0.3, 0.4) is 0 Å². The molecule has 36 heavy (non-hydrogen) atoms. The van der Waals surface area contributed by atoms with Gasteiger partial charge in [-0.1, -0.05) is 18.2 Å². The fourth-order valence-corrected chi connectivity index (χ4v) is 5.43. The molecule has 17 heteroatoms. The number of anilines is 2. The van der Waals surface area contributed by atoms with Gasteiger partial charge in [0.25, 0.3) is 25.9 Å². The summed E-state index contributed by atoms with van der Waals surface area (Å²) >= 11 is 1.04. The van der Waals surface area contributed by atoms with Gasteiger partial charge in [0.2, 0.25) is 5.95 Å². The second kappa shape index (κ2) is 11.1. The summed E-state index contributed by atoms with van der Waals surface area (Å²) in [6.07, 6.45) is -0.0769. The first-order valence-corrected chi connectivity index (χ1v) is 14.0. The molecule has 3 aromatic rings. The van der Waals surface area contributed by atoms with Crippen molar-refractivity contribution in [3.05, 3.63) is 74.5 Å². The second-order valence-electron chi connectivity index (χ2n) is 7.24. The highest BCUT2D eigenvalue weighted by atomic mass is 32.2. The molecule has 0 bridgehead atoms. The number of thioether (sulfide) groups is 1. The summed E-state index contributed by atoms with van der Waals surface area (Å²) < 4.78 is 63.0. The van der Waals surface area contributed by atoms with Gasteiger partial charge in [-0.3, -0.25) is 24.2 Å². The molecule has 1 heterocycles. The molecule has 0 unspecified atom stereocenters. The lowest BCUT2D eigenvalue weighted by Crippen LogP contribution is -2.18. The lowest BCUT2D eigenvalue weighted by molar-refractivity contribution is -0.387. The van der Waals surface area contributed by atoms with Crippen molar-refractivity contribution in [3.63, 3.8) is 0 Å². The molecule has 0 saturated heterocycles. The van der Waals surface area contributed by atoms with E-state index in [1.807, 2.05) is 0 Å². The van der Waals surface area contributed by atoms with Gasteiger partial charge >= 0.3 is 5.69 Å². The van der Waals surface area contributed by atoms with Crippen LogP contribution >= 0.6 is 11.8 Å². The largest absolute Gasteiger partial charge is 0.349 e. The minimum atomic E-state index is -4.51. The number of nitro groups is 1. The molecule has 2 aromatic carbocycles. The summed E-state index contributed by atoms with van der Waals surface area (Å²) in [6, 6.07) is 9.68. The zero-order valence-corrected chi connectivity index (χ0v) is 20.6. The van der Waals surface area contributed by atoms with Gasteiger partial charge in [0.1, 0.15) is 5.82 Å². The molecule has 0 aliphatic rings. The SMILES string of the molecule is O=c1nc(Nc2ccc(SCCCS(=O)(=O)O)c([N+](=O)[O-])c2)nc(Cc2ccccc2S(=O)(=O)O)[nH]1. The van der Waals surface area contributed by atoms with Crippen molar-refractivity contribution in [1.29, 1.82) is 0 Å². The standard InChI is InChI=1S/C19H19N5O9S3/c25-19-22-17(10-12-4-1-2-5-16(12)36(31,32)33)21-18(23-19)20-13-6-7-15(14(11-13)24(26)27)34-8-3-9-35(28,29)30/h1-2,4-7,11H,3,8-10H2,(H,28,29,30)(H,31,32,33)(H2,20,21,22,23,25). The first kappa shape index (κ1) is 27.2. The van der Waals surface area contributed by atoms with Crippen LogP contribution in [0.15, 0.2) is 57.1 Å². The number of nitro benzene ring substituents is 1. The Morgan fingerprint density at radius 2 is 1.81 bits per heavy atom. The predicted molar refractivity (Wildman–Crippen MR) is 130 cm³/mol. The van der Waals surface area contributed by atoms with E-state index < -0.39 is 36.6 Å². The van der Waals surface area contributed by atoms with Gasteiger partial charge < -0.3 is 5.32 Å². The Balaban J connectivity index is 1.81. The van der Waals surface area contributed by atoms with Crippen LogP contribution in [-0.2, 0) is 26.7 Å². The number of rotatable bonds is 11. The van der Waals surface area contributed by atoms with E-state index in [9.17, 15) is 36.3 Å². The highest BCUT2D eigenvalue weighted by Gasteiger charge is 2.18. The zero-order chi connectivity index (χ0) is 26.5. The Kier molecular flexibility index (Phi) is 8.41. The highest BCUT2D eigenvalue weighted by Crippen LogP contribution is 2.32. The van der Waals surface area contributed by atoms with E-state index in [2.05, 4.69) is 20.3 Å². The minimum Gasteiger partial charge on any atom is -0.324 e. The fraction of sp³-hybridized carbons (Fsp3) is 0.211. The number of hydrogen-bond donors (Lipinski definition) is 4. The molecule has 3 rings (SSSR count). The van der Waals surface area contributed by atoms with Crippen molar-refractivity contribution in [2.45, 2.75) is 22.6 Å². The first-order valence-electron chi connectivity index (χ1n) is 9.98. The smallest absolute Gasteiger partial charge is 0.324 e. The number of nitrogens with zero attached hydrogens (tertiary/aromatic N) is 3. The van der Waals surface area contributed by atoms with E-state index in [4.69, 9.17) is 4.55 Å². The summed E-state index contributed by atoms with van der Waals surface area (Å²) in [6.45, 7) is 0. The van der Waals surface area contributed by atoms with Gasteiger partial charge in [-0.05, 0) is 35.9 Å². The van der Waals surface area contributed by atoms with Gasteiger partial charge in [0.05, 0.1) is 20.5 Å². The summed E-state index contributed by atoms with van der Waals surface area (Å²) in [5, 5.41) is 14.2. The van der Waals surface area contributed by atoms with Crippen LogP contribution in [-0.4, -0.2) is 57.3 Å². The predicted octanol–water partition coefficient (Wildman–Crippen LogP) is 2.02. The molecule has 192 valence electrons. The van der Waals surface area contributed by atoms with E-state index in [0.717, 1.165) is 11.8 Å².